The normalized spacial score (nSPS) is 34.4. The molecule has 0 saturated carbocycles. The Hall–Kier alpha value is -0.830. The summed E-state index contributed by atoms with van der Waals surface area (Å²) in [5.41, 5.74) is 0. The molecule has 3 heteroatoms. The summed E-state index contributed by atoms with van der Waals surface area (Å²) in [5.74, 6) is 1.33. The van der Waals surface area contributed by atoms with Crippen molar-refractivity contribution in [2.24, 2.45) is 11.8 Å². The second-order valence-electron chi connectivity index (χ2n) is 5.43. The summed E-state index contributed by atoms with van der Waals surface area (Å²) in [6, 6.07) is 0.553. The van der Waals surface area contributed by atoms with Crippen LogP contribution in [0.4, 0.5) is 0 Å². The number of piperidine rings is 1. The Balaban J connectivity index is 1.67. The zero-order chi connectivity index (χ0) is 11.0. The van der Waals surface area contributed by atoms with E-state index in [4.69, 9.17) is 0 Å². The number of carbonyl (C=O) groups excluding carboxylic acids is 1. The maximum atomic E-state index is 12.3. The fourth-order valence-electron chi connectivity index (χ4n) is 3.20. The van der Waals surface area contributed by atoms with Gasteiger partial charge in [0.1, 0.15) is 0 Å². The van der Waals surface area contributed by atoms with Crippen LogP contribution < -0.4 is 5.32 Å². The molecule has 4 aliphatic rings. The highest BCUT2D eigenvalue weighted by molar-refractivity contribution is 5.79. The van der Waals surface area contributed by atoms with Crippen molar-refractivity contribution >= 4 is 5.91 Å². The van der Waals surface area contributed by atoms with Gasteiger partial charge in [0.05, 0.1) is 0 Å². The number of amides is 1. The summed E-state index contributed by atoms with van der Waals surface area (Å²) in [5, 5.41) is 3.55. The van der Waals surface area contributed by atoms with Crippen LogP contribution >= 0.6 is 0 Å². The van der Waals surface area contributed by atoms with Crippen LogP contribution in [-0.2, 0) is 4.79 Å². The first-order valence-corrected chi connectivity index (χ1v) is 6.50. The molecule has 3 heterocycles. The lowest BCUT2D eigenvalue weighted by Crippen LogP contribution is -2.42. The second-order valence-corrected chi connectivity index (χ2v) is 5.43. The van der Waals surface area contributed by atoms with Crippen LogP contribution in [0.1, 0.15) is 25.7 Å². The van der Waals surface area contributed by atoms with E-state index in [0.29, 0.717) is 17.9 Å². The van der Waals surface area contributed by atoms with Gasteiger partial charge in [-0.15, -0.1) is 0 Å². The highest BCUT2D eigenvalue weighted by Crippen LogP contribution is 2.26. The van der Waals surface area contributed by atoms with Crippen molar-refractivity contribution in [3.8, 4) is 0 Å². The molecule has 0 radical (unpaired) electrons. The van der Waals surface area contributed by atoms with E-state index in [2.05, 4.69) is 22.4 Å². The van der Waals surface area contributed by atoms with Gasteiger partial charge in [-0.25, -0.2) is 0 Å². The van der Waals surface area contributed by atoms with Crippen LogP contribution in [0, 0.1) is 11.8 Å². The van der Waals surface area contributed by atoms with Gasteiger partial charge in [0, 0.05) is 25.0 Å². The van der Waals surface area contributed by atoms with E-state index in [1.165, 1.54) is 12.8 Å². The number of allylic oxidation sites excluding steroid dienone is 2. The summed E-state index contributed by atoms with van der Waals surface area (Å²) < 4.78 is 0. The fourth-order valence-corrected chi connectivity index (χ4v) is 3.20. The Kier molecular flexibility index (Phi) is 2.72. The van der Waals surface area contributed by atoms with Crippen LogP contribution in [0.5, 0.6) is 0 Å². The van der Waals surface area contributed by atoms with E-state index < -0.39 is 0 Å². The predicted molar refractivity (Wildman–Crippen MR) is 63.0 cm³/mol. The molecule has 2 bridgehead atoms. The molecule has 3 aliphatic heterocycles. The molecule has 3 nitrogen and oxygen atoms in total. The lowest BCUT2D eigenvalue weighted by atomic mass is 9.97. The minimum absolute atomic E-state index is 0.248. The SMILES string of the molecule is O=C(C1CC=CC1)N1CC2CCC(C1)NC2. The van der Waals surface area contributed by atoms with Crippen LogP contribution in [0.2, 0.25) is 0 Å². The molecule has 1 aliphatic carbocycles. The Morgan fingerprint density at radius 2 is 2.00 bits per heavy atom. The average molecular weight is 220 g/mol. The molecule has 0 aromatic rings. The first-order valence-electron chi connectivity index (χ1n) is 6.50. The number of carbonyl (C=O) groups is 1. The third-order valence-electron chi connectivity index (χ3n) is 4.21. The van der Waals surface area contributed by atoms with Gasteiger partial charge in [0.15, 0.2) is 0 Å². The van der Waals surface area contributed by atoms with Gasteiger partial charge in [-0.2, -0.15) is 0 Å². The summed E-state index contributed by atoms with van der Waals surface area (Å²) in [7, 11) is 0. The smallest absolute Gasteiger partial charge is 0.226 e. The van der Waals surface area contributed by atoms with E-state index in [1.54, 1.807) is 0 Å². The molecule has 3 saturated heterocycles. The molecule has 0 aromatic heterocycles. The van der Waals surface area contributed by atoms with Crippen molar-refractivity contribution in [3.05, 3.63) is 12.2 Å². The quantitative estimate of drug-likeness (QED) is 0.673. The summed E-state index contributed by atoms with van der Waals surface area (Å²) >= 11 is 0. The van der Waals surface area contributed by atoms with Gasteiger partial charge in [0.2, 0.25) is 5.91 Å². The third kappa shape index (κ3) is 1.88. The third-order valence-corrected chi connectivity index (χ3v) is 4.21. The van der Waals surface area contributed by atoms with Crippen molar-refractivity contribution < 1.29 is 4.79 Å². The largest absolute Gasteiger partial charge is 0.341 e. The number of hydrogen-bond donors (Lipinski definition) is 1. The highest BCUT2D eigenvalue weighted by atomic mass is 16.2. The lowest BCUT2D eigenvalue weighted by molar-refractivity contribution is -0.135. The maximum absolute atomic E-state index is 12.3. The minimum atomic E-state index is 0.248. The van der Waals surface area contributed by atoms with Gasteiger partial charge in [-0.1, -0.05) is 12.2 Å². The van der Waals surface area contributed by atoms with Crippen molar-refractivity contribution in [2.45, 2.75) is 31.7 Å². The van der Waals surface area contributed by atoms with Crippen LogP contribution in [0.15, 0.2) is 12.2 Å². The first kappa shape index (κ1) is 10.3. The molecular weight excluding hydrogens is 200 g/mol. The van der Waals surface area contributed by atoms with E-state index in [9.17, 15) is 4.79 Å². The van der Waals surface area contributed by atoms with Gasteiger partial charge in [0.25, 0.3) is 0 Å². The Morgan fingerprint density at radius 1 is 1.19 bits per heavy atom. The topological polar surface area (TPSA) is 32.3 Å². The van der Waals surface area contributed by atoms with E-state index in [1.807, 2.05) is 0 Å². The van der Waals surface area contributed by atoms with Crippen molar-refractivity contribution in [3.63, 3.8) is 0 Å². The maximum Gasteiger partial charge on any atom is 0.226 e. The summed E-state index contributed by atoms with van der Waals surface area (Å²) in [4.78, 5) is 14.5. The van der Waals surface area contributed by atoms with E-state index in [0.717, 1.165) is 32.5 Å². The predicted octanol–water partition coefficient (Wildman–Crippen LogP) is 1.16. The molecule has 2 unspecified atom stereocenters. The molecule has 1 N–H and O–H groups in total. The number of nitrogens with one attached hydrogen (secondary N) is 1. The molecule has 2 atom stereocenters. The molecule has 1 amide bonds. The van der Waals surface area contributed by atoms with Crippen LogP contribution in [0.25, 0.3) is 0 Å². The fraction of sp³-hybridized carbons (Fsp3) is 0.769. The molecule has 0 spiro atoms. The molecule has 0 aromatic carbocycles. The first-order chi connectivity index (χ1) is 7.83. The second kappa shape index (κ2) is 4.21. The zero-order valence-corrected chi connectivity index (χ0v) is 9.69. The van der Waals surface area contributed by atoms with Gasteiger partial charge in [-0.3, -0.25) is 4.79 Å². The van der Waals surface area contributed by atoms with Crippen LogP contribution in [-0.4, -0.2) is 36.5 Å². The Bertz CT molecular complexity index is 283. The Morgan fingerprint density at radius 3 is 2.69 bits per heavy atom. The molecule has 4 rings (SSSR count). The molecule has 88 valence electrons. The highest BCUT2D eigenvalue weighted by Gasteiger charge is 2.33. The number of hydrogen-bond acceptors (Lipinski definition) is 2. The van der Waals surface area contributed by atoms with Gasteiger partial charge < -0.3 is 10.2 Å². The standard InChI is InChI=1S/C13H20N2O/c16-13(11-3-1-2-4-11)15-8-10-5-6-12(9-15)14-7-10/h1-2,10-12,14H,3-9H2. The average Bonchev–Trinajstić information content (AvgIpc) is 2.68. The molecule has 3 fully saturated rings. The van der Waals surface area contributed by atoms with Gasteiger partial charge >= 0.3 is 0 Å². The lowest BCUT2D eigenvalue weighted by Gasteiger charge is -2.25. The number of fused-ring (bicyclic) bond motifs is 4. The van der Waals surface area contributed by atoms with Crippen molar-refractivity contribution in [1.29, 1.82) is 0 Å². The van der Waals surface area contributed by atoms with Crippen molar-refractivity contribution in [1.82, 2.24) is 10.2 Å². The van der Waals surface area contributed by atoms with Crippen LogP contribution in [0.3, 0.4) is 0 Å². The monoisotopic (exact) mass is 220 g/mol. The van der Waals surface area contributed by atoms with Crippen molar-refractivity contribution in [2.75, 3.05) is 19.6 Å². The summed E-state index contributed by atoms with van der Waals surface area (Å²) in [6.07, 6.45) is 8.75. The minimum Gasteiger partial charge on any atom is -0.341 e. The zero-order valence-electron chi connectivity index (χ0n) is 9.69. The Labute approximate surface area is 96.9 Å². The molecule has 16 heavy (non-hydrogen) atoms. The number of rotatable bonds is 1. The number of nitrogens with zero attached hydrogens (tertiary/aromatic N) is 1. The molecular formula is C13H20N2O. The van der Waals surface area contributed by atoms with E-state index in [-0.39, 0.29) is 5.92 Å². The van der Waals surface area contributed by atoms with E-state index >= 15 is 0 Å². The van der Waals surface area contributed by atoms with Gasteiger partial charge in [-0.05, 0) is 38.1 Å². The summed E-state index contributed by atoms with van der Waals surface area (Å²) in [6.45, 7) is 3.03.